The number of hydrogen-bond acceptors (Lipinski definition) is 4. The molecule has 0 amide bonds. The van der Waals surface area contributed by atoms with Gasteiger partial charge in [0.05, 0.1) is 11.4 Å². The minimum atomic E-state index is -2.96. The Morgan fingerprint density at radius 2 is 1.95 bits per heavy atom. The van der Waals surface area contributed by atoms with Crippen molar-refractivity contribution in [3.05, 3.63) is 29.8 Å². The van der Waals surface area contributed by atoms with Crippen LogP contribution in [0.3, 0.4) is 0 Å². The highest BCUT2D eigenvalue weighted by Gasteiger charge is 2.29. The molecule has 0 aliphatic heterocycles. The quantitative estimate of drug-likeness (QED) is 0.916. The average Bonchev–Trinajstić information content (AvgIpc) is 2.39. The van der Waals surface area contributed by atoms with Crippen LogP contribution in [0.25, 0.3) is 0 Å². The number of nitrogens with two attached hydrogens (primary N) is 1. The molecule has 0 radical (unpaired) electrons. The number of rotatable bonds is 4. The van der Waals surface area contributed by atoms with Gasteiger partial charge in [0.1, 0.15) is 15.6 Å². The predicted molar refractivity (Wildman–Crippen MR) is 75.8 cm³/mol. The second-order valence-corrected chi connectivity index (χ2v) is 7.53. The molecular weight excluding hydrogens is 262 g/mol. The summed E-state index contributed by atoms with van der Waals surface area (Å²) in [7, 11) is -2.96. The SMILES string of the molecule is CS(=O)(=O)C1CCCC(Oc2ccc(CN)cc2)C1. The molecule has 0 saturated heterocycles. The summed E-state index contributed by atoms with van der Waals surface area (Å²) in [5.41, 5.74) is 6.60. The lowest BCUT2D eigenvalue weighted by Crippen LogP contribution is -2.33. The number of benzene rings is 1. The van der Waals surface area contributed by atoms with Crippen LogP contribution in [0.1, 0.15) is 31.2 Å². The summed E-state index contributed by atoms with van der Waals surface area (Å²) < 4.78 is 29.1. The minimum Gasteiger partial charge on any atom is -0.490 e. The van der Waals surface area contributed by atoms with E-state index >= 15 is 0 Å². The molecule has 2 atom stereocenters. The molecule has 4 nitrogen and oxygen atoms in total. The van der Waals surface area contributed by atoms with Crippen LogP contribution < -0.4 is 10.5 Å². The first-order valence-electron chi connectivity index (χ1n) is 6.63. The van der Waals surface area contributed by atoms with Gasteiger partial charge in [0.25, 0.3) is 0 Å². The van der Waals surface area contributed by atoms with Gasteiger partial charge in [-0.15, -0.1) is 0 Å². The molecule has 2 unspecified atom stereocenters. The lowest BCUT2D eigenvalue weighted by molar-refractivity contribution is 0.156. The first-order valence-corrected chi connectivity index (χ1v) is 8.59. The number of ether oxygens (including phenoxy) is 1. The Kier molecular flexibility index (Phi) is 4.47. The van der Waals surface area contributed by atoms with Crippen LogP contribution in [0, 0.1) is 0 Å². The van der Waals surface area contributed by atoms with Crippen molar-refractivity contribution in [2.75, 3.05) is 6.26 Å². The van der Waals surface area contributed by atoms with E-state index in [2.05, 4.69) is 0 Å². The van der Waals surface area contributed by atoms with Crippen molar-refractivity contribution < 1.29 is 13.2 Å². The molecule has 0 aromatic heterocycles. The maximum Gasteiger partial charge on any atom is 0.150 e. The second kappa shape index (κ2) is 5.92. The van der Waals surface area contributed by atoms with Gasteiger partial charge in [0.2, 0.25) is 0 Å². The standard InChI is InChI=1S/C14H21NO3S/c1-19(16,17)14-4-2-3-13(9-14)18-12-7-5-11(10-15)6-8-12/h5-8,13-14H,2-4,9-10,15H2,1H3. The summed E-state index contributed by atoms with van der Waals surface area (Å²) in [4.78, 5) is 0. The van der Waals surface area contributed by atoms with Crippen LogP contribution in [0.15, 0.2) is 24.3 Å². The van der Waals surface area contributed by atoms with Gasteiger partial charge in [-0.3, -0.25) is 0 Å². The molecule has 1 aliphatic rings. The van der Waals surface area contributed by atoms with E-state index in [0.717, 1.165) is 30.6 Å². The Morgan fingerprint density at radius 3 is 2.53 bits per heavy atom. The van der Waals surface area contributed by atoms with Gasteiger partial charge < -0.3 is 10.5 Å². The second-order valence-electron chi connectivity index (χ2n) is 5.21. The van der Waals surface area contributed by atoms with E-state index in [9.17, 15) is 8.42 Å². The zero-order valence-corrected chi connectivity index (χ0v) is 12.0. The Hall–Kier alpha value is -1.07. The van der Waals surface area contributed by atoms with E-state index < -0.39 is 9.84 Å². The van der Waals surface area contributed by atoms with Crippen molar-refractivity contribution >= 4 is 9.84 Å². The fourth-order valence-corrected chi connectivity index (χ4v) is 3.65. The van der Waals surface area contributed by atoms with E-state index in [1.165, 1.54) is 6.26 Å². The summed E-state index contributed by atoms with van der Waals surface area (Å²) >= 11 is 0. The molecule has 19 heavy (non-hydrogen) atoms. The Balaban J connectivity index is 1.98. The highest BCUT2D eigenvalue weighted by atomic mass is 32.2. The van der Waals surface area contributed by atoms with Crippen LogP contribution >= 0.6 is 0 Å². The number of hydrogen-bond donors (Lipinski definition) is 1. The molecule has 106 valence electrons. The van der Waals surface area contributed by atoms with Crippen LogP contribution in [-0.2, 0) is 16.4 Å². The maximum atomic E-state index is 11.6. The molecule has 2 N–H and O–H groups in total. The van der Waals surface area contributed by atoms with Gasteiger partial charge in [0, 0.05) is 19.2 Å². The monoisotopic (exact) mass is 283 g/mol. The Labute approximate surface area is 114 Å². The largest absolute Gasteiger partial charge is 0.490 e. The minimum absolute atomic E-state index is 0.00259. The molecule has 1 aliphatic carbocycles. The molecule has 0 heterocycles. The summed E-state index contributed by atoms with van der Waals surface area (Å²) in [6.45, 7) is 0.514. The summed E-state index contributed by atoms with van der Waals surface area (Å²) in [6, 6.07) is 7.66. The van der Waals surface area contributed by atoms with Crippen molar-refractivity contribution in [3.63, 3.8) is 0 Å². The van der Waals surface area contributed by atoms with Gasteiger partial charge in [-0.25, -0.2) is 8.42 Å². The van der Waals surface area contributed by atoms with Gasteiger partial charge in [-0.1, -0.05) is 12.1 Å². The molecule has 0 bridgehead atoms. The van der Waals surface area contributed by atoms with Gasteiger partial charge >= 0.3 is 0 Å². The van der Waals surface area contributed by atoms with Crippen LogP contribution in [0.2, 0.25) is 0 Å². The average molecular weight is 283 g/mol. The lowest BCUT2D eigenvalue weighted by atomic mass is 9.97. The van der Waals surface area contributed by atoms with Crippen LogP contribution in [-0.4, -0.2) is 26.0 Å². The van der Waals surface area contributed by atoms with Crippen LogP contribution in [0.5, 0.6) is 5.75 Å². The first kappa shape index (κ1) is 14.3. The molecular formula is C14H21NO3S. The van der Waals surface area contributed by atoms with Crippen molar-refractivity contribution in [2.24, 2.45) is 5.73 Å². The molecule has 0 spiro atoms. The van der Waals surface area contributed by atoms with E-state index in [1.807, 2.05) is 24.3 Å². The zero-order chi connectivity index (χ0) is 13.9. The molecule has 1 aromatic rings. The van der Waals surface area contributed by atoms with E-state index in [4.69, 9.17) is 10.5 Å². The first-order chi connectivity index (χ1) is 8.99. The molecule has 5 heteroatoms. The third-order valence-electron chi connectivity index (χ3n) is 3.65. The van der Waals surface area contributed by atoms with E-state index in [0.29, 0.717) is 13.0 Å². The third kappa shape index (κ3) is 3.94. The maximum absolute atomic E-state index is 11.6. The highest BCUT2D eigenvalue weighted by molar-refractivity contribution is 7.91. The van der Waals surface area contributed by atoms with Crippen molar-refractivity contribution in [2.45, 2.75) is 43.6 Å². The van der Waals surface area contributed by atoms with E-state index in [1.54, 1.807) is 0 Å². The third-order valence-corrected chi connectivity index (χ3v) is 5.28. The van der Waals surface area contributed by atoms with Gasteiger partial charge in [-0.2, -0.15) is 0 Å². The smallest absolute Gasteiger partial charge is 0.150 e. The summed E-state index contributed by atoms with van der Waals surface area (Å²) in [6.07, 6.45) is 4.49. The number of sulfone groups is 1. The molecule has 2 rings (SSSR count). The summed E-state index contributed by atoms with van der Waals surface area (Å²) in [5.74, 6) is 0.788. The molecule has 1 aromatic carbocycles. The Morgan fingerprint density at radius 1 is 1.26 bits per heavy atom. The predicted octanol–water partition coefficient (Wildman–Crippen LogP) is 1.88. The fraction of sp³-hybridized carbons (Fsp3) is 0.571. The van der Waals surface area contributed by atoms with Crippen molar-refractivity contribution in [1.29, 1.82) is 0 Å². The fourth-order valence-electron chi connectivity index (χ4n) is 2.49. The van der Waals surface area contributed by atoms with Gasteiger partial charge in [-0.05, 0) is 37.0 Å². The van der Waals surface area contributed by atoms with Crippen molar-refractivity contribution in [3.8, 4) is 5.75 Å². The van der Waals surface area contributed by atoms with Gasteiger partial charge in [0.15, 0.2) is 0 Å². The van der Waals surface area contributed by atoms with Crippen molar-refractivity contribution in [1.82, 2.24) is 0 Å². The highest BCUT2D eigenvalue weighted by Crippen LogP contribution is 2.27. The normalized spacial score (nSPS) is 24.1. The topological polar surface area (TPSA) is 69.4 Å². The Bertz CT molecular complexity index is 510. The lowest BCUT2D eigenvalue weighted by Gasteiger charge is -2.28. The zero-order valence-electron chi connectivity index (χ0n) is 11.2. The molecule has 1 fully saturated rings. The summed E-state index contributed by atoms with van der Waals surface area (Å²) in [5, 5.41) is -0.255. The van der Waals surface area contributed by atoms with Crippen LogP contribution in [0.4, 0.5) is 0 Å². The van der Waals surface area contributed by atoms with E-state index in [-0.39, 0.29) is 11.4 Å². The molecule has 1 saturated carbocycles.